The second-order valence-corrected chi connectivity index (χ2v) is 5.37. The number of methoxy groups -OCH3 is 1. The molecule has 0 saturated heterocycles. The van der Waals surface area contributed by atoms with Crippen LogP contribution in [0.2, 0.25) is 0 Å². The minimum atomic E-state index is 0.410. The Hall–Kier alpha value is -0.380. The van der Waals surface area contributed by atoms with Gasteiger partial charge in [0, 0.05) is 19.7 Å². The summed E-state index contributed by atoms with van der Waals surface area (Å²) in [5.74, 6) is 0. The molecular weight excluding hydrogens is 218 g/mol. The van der Waals surface area contributed by atoms with Crippen LogP contribution in [0.15, 0.2) is 10.8 Å². The van der Waals surface area contributed by atoms with Crippen LogP contribution < -0.4 is 5.32 Å². The van der Waals surface area contributed by atoms with Gasteiger partial charge in [0.1, 0.15) is 0 Å². The number of aryl methyl sites for hydroxylation is 1. The molecule has 0 bridgehead atoms. The van der Waals surface area contributed by atoms with Crippen molar-refractivity contribution >= 4 is 11.3 Å². The Kier molecular flexibility index (Phi) is 4.38. The third kappa shape index (κ3) is 2.84. The SMILES string of the molecule is COC1CCCCC1NCc1cscc1C. The Labute approximate surface area is 102 Å². The van der Waals surface area contributed by atoms with Crippen LogP contribution in [0.1, 0.15) is 36.8 Å². The quantitative estimate of drug-likeness (QED) is 0.871. The molecule has 1 aliphatic rings. The Morgan fingerprint density at radius 1 is 1.38 bits per heavy atom. The fourth-order valence-corrected chi connectivity index (χ4v) is 3.28. The molecule has 90 valence electrons. The molecule has 0 spiro atoms. The molecule has 16 heavy (non-hydrogen) atoms. The molecule has 1 fully saturated rings. The van der Waals surface area contributed by atoms with E-state index in [9.17, 15) is 0 Å². The van der Waals surface area contributed by atoms with Gasteiger partial charge in [-0.25, -0.2) is 0 Å². The van der Waals surface area contributed by atoms with Crippen LogP contribution in [-0.2, 0) is 11.3 Å². The van der Waals surface area contributed by atoms with Crippen molar-refractivity contribution in [2.24, 2.45) is 0 Å². The molecule has 0 radical (unpaired) electrons. The molecule has 2 rings (SSSR count). The van der Waals surface area contributed by atoms with E-state index in [1.54, 1.807) is 11.3 Å². The zero-order valence-corrected chi connectivity index (χ0v) is 11.0. The molecule has 2 nitrogen and oxygen atoms in total. The van der Waals surface area contributed by atoms with Crippen molar-refractivity contribution in [2.75, 3.05) is 7.11 Å². The molecule has 0 aromatic carbocycles. The van der Waals surface area contributed by atoms with Gasteiger partial charge in [0.2, 0.25) is 0 Å². The van der Waals surface area contributed by atoms with Crippen molar-refractivity contribution in [3.63, 3.8) is 0 Å². The maximum atomic E-state index is 5.54. The van der Waals surface area contributed by atoms with E-state index < -0.39 is 0 Å². The summed E-state index contributed by atoms with van der Waals surface area (Å²) in [6.45, 7) is 3.17. The average Bonchev–Trinajstić information content (AvgIpc) is 2.72. The number of ether oxygens (including phenoxy) is 1. The van der Waals surface area contributed by atoms with E-state index in [0.717, 1.165) is 6.54 Å². The fourth-order valence-electron chi connectivity index (χ4n) is 2.42. The maximum absolute atomic E-state index is 5.54. The van der Waals surface area contributed by atoms with Gasteiger partial charge in [-0.2, -0.15) is 11.3 Å². The highest BCUT2D eigenvalue weighted by atomic mass is 32.1. The van der Waals surface area contributed by atoms with Crippen LogP contribution in [0.4, 0.5) is 0 Å². The number of thiophene rings is 1. The summed E-state index contributed by atoms with van der Waals surface area (Å²) in [7, 11) is 1.83. The van der Waals surface area contributed by atoms with Gasteiger partial charge in [-0.15, -0.1) is 0 Å². The van der Waals surface area contributed by atoms with E-state index in [1.165, 1.54) is 36.8 Å². The van der Waals surface area contributed by atoms with E-state index in [1.807, 2.05) is 7.11 Å². The first-order chi connectivity index (χ1) is 7.81. The fraction of sp³-hybridized carbons (Fsp3) is 0.692. The second kappa shape index (κ2) is 5.80. The molecule has 2 unspecified atom stereocenters. The van der Waals surface area contributed by atoms with Crippen molar-refractivity contribution in [1.29, 1.82) is 0 Å². The van der Waals surface area contributed by atoms with Gasteiger partial charge in [-0.1, -0.05) is 12.8 Å². The van der Waals surface area contributed by atoms with E-state index in [4.69, 9.17) is 4.74 Å². The topological polar surface area (TPSA) is 21.3 Å². The van der Waals surface area contributed by atoms with Gasteiger partial charge >= 0.3 is 0 Å². The monoisotopic (exact) mass is 239 g/mol. The summed E-state index contributed by atoms with van der Waals surface area (Å²) in [6.07, 6.45) is 5.51. The average molecular weight is 239 g/mol. The van der Waals surface area contributed by atoms with Gasteiger partial charge in [-0.05, 0) is 41.7 Å². The Bertz CT molecular complexity index is 323. The zero-order valence-electron chi connectivity index (χ0n) is 10.2. The van der Waals surface area contributed by atoms with E-state index in [2.05, 4.69) is 23.0 Å². The highest BCUT2D eigenvalue weighted by molar-refractivity contribution is 7.08. The van der Waals surface area contributed by atoms with Crippen molar-refractivity contribution in [1.82, 2.24) is 5.32 Å². The number of rotatable bonds is 4. The lowest BCUT2D eigenvalue weighted by Crippen LogP contribution is -2.42. The largest absolute Gasteiger partial charge is 0.380 e. The van der Waals surface area contributed by atoms with Crippen LogP contribution in [0.5, 0.6) is 0 Å². The minimum absolute atomic E-state index is 0.410. The van der Waals surface area contributed by atoms with Crippen LogP contribution >= 0.6 is 11.3 Å². The molecule has 1 aromatic heterocycles. The lowest BCUT2D eigenvalue weighted by Gasteiger charge is -2.31. The first kappa shape index (κ1) is 12.1. The normalized spacial score (nSPS) is 25.9. The van der Waals surface area contributed by atoms with Crippen LogP contribution in [0, 0.1) is 6.92 Å². The van der Waals surface area contributed by atoms with Crippen LogP contribution in [0.3, 0.4) is 0 Å². The van der Waals surface area contributed by atoms with Gasteiger partial charge in [-0.3, -0.25) is 0 Å². The van der Waals surface area contributed by atoms with Crippen molar-refractivity contribution < 1.29 is 4.74 Å². The third-order valence-corrected chi connectivity index (χ3v) is 4.43. The van der Waals surface area contributed by atoms with Gasteiger partial charge in [0.15, 0.2) is 0 Å². The van der Waals surface area contributed by atoms with Gasteiger partial charge < -0.3 is 10.1 Å². The molecule has 1 aliphatic carbocycles. The first-order valence-corrected chi connectivity index (χ1v) is 7.03. The van der Waals surface area contributed by atoms with Crippen LogP contribution in [-0.4, -0.2) is 19.3 Å². The molecule has 2 atom stereocenters. The lowest BCUT2D eigenvalue weighted by atomic mass is 9.92. The highest BCUT2D eigenvalue weighted by Gasteiger charge is 2.24. The summed E-state index contributed by atoms with van der Waals surface area (Å²) in [4.78, 5) is 0. The standard InChI is InChI=1S/C13H21NOS/c1-10-8-16-9-11(10)7-14-12-5-3-4-6-13(12)15-2/h8-9,12-14H,3-7H2,1-2H3. The van der Waals surface area contributed by atoms with E-state index in [0.29, 0.717) is 12.1 Å². The highest BCUT2D eigenvalue weighted by Crippen LogP contribution is 2.22. The van der Waals surface area contributed by atoms with Gasteiger partial charge in [0.25, 0.3) is 0 Å². The first-order valence-electron chi connectivity index (χ1n) is 6.09. The summed E-state index contributed by atoms with van der Waals surface area (Å²) < 4.78 is 5.54. The maximum Gasteiger partial charge on any atom is 0.0724 e. The predicted octanol–water partition coefficient (Wildman–Crippen LogP) is 3.10. The Balaban J connectivity index is 1.86. The predicted molar refractivity (Wildman–Crippen MR) is 68.9 cm³/mol. The molecule has 3 heteroatoms. The Morgan fingerprint density at radius 3 is 2.88 bits per heavy atom. The summed E-state index contributed by atoms with van der Waals surface area (Å²) >= 11 is 1.79. The summed E-state index contributed by atoms with van der Waals surface area (Å²) in [5, 5.41) is 8.10. The van der Waals surface area contributed by atoms with E-state index in [-0.39, 0.29) is 0 Å². The summed E-state index contributed by atoms with van der Waals surface area (Å²) in [5.41, 5.74) is 2.84. The minimum Gasteiger partial charge on any atom is -0.380 e. The molecule has 1 saturated carbocycles. The van der Waals surface area contributed by atoms with Gasteiger partial charge in [0.05, 0.1) is 6.10 Å². The molecule has 0 aliphatic heterocycles. The third-order valence-electron chi connectivity index (χ3n) is 3.52. The van der Waals surface area contributed by atoms with Crippen LogP contribution in [0.25, 0.3) is 0 Å². The lowest BCUT2D eigenvalue weighted by molar-refractivity contribution is 0.0413. The Morgan fingerprint density at radius 2 is 2.19 bits per heavy atom. The zero-order chi connectivity index (χ0) is 11.4. The van der Waals surface area contributed by atoms with Crippen molar-refractivity contribution in [2.45, 2.75) is 51.3 Å². The second-order valence-electron chi connectivity index (χ2n) is 4.63. The molecule has 1 N–H and O–H groups in total. The number of nitrogens with one attached hydrogen (secondary N) is 1. The number of hydrogen-bond acceptors (Lipinski definition) is 3. The summed E-state index contributed by atoms with van der Waals surface area (Å²) in [6, 6.07) is 0.540. The van der Waals surface area contributed by atoms with E-state index >= 15 is 0 Å². The molecular formula is C13H21NOS. The molecule has 1 heterocycles. The molecule has 1 aromatic rings. The van der Waals surface area contributed by atoms with Crippen molar-refractivity contribution in [3.8, 4) is 0 Å². The smallest absolute Gasteiger partial charge is 0.0724 e. The number of hydrogen-bond donors (Lipinski definition) is 1. The molecule has 0 amide bonds. The van der Waals surface area contributed by atoms with Crippen molar-refractivity contribution in [3.05, 3.63) is 21.9 Å².